The Morgan fingerprint density at radius 1 is 1.24 bits per heavy atom. The van der Waals surface area contributed by atoms with Crippen LogP contribution >= 0.6 is 0 Å². The summed E-state index contributed by atoms with van der Waals surface area (Å²) in [5.74, 6) is 1.06. The average molecular weight is 368 g/mol. The Morgan fingerprint density at radius 2 is 1.96 bits per heavy atom. The van der Waals surface area contributed by atoms with E-state index in [0.717, 1.165) is 10.7 Å². The highest BCUT2D eigenvalue weighted by Crippen LogP contribution is 2.29. The lowest BCUT2D eigenvalue weighted by atomic mass is 9.78. The lowest BCUT2D eigenvalue weighted by Gasteiger charge is -2.34. The second-order valence-electron chi connectivity index (χ2n) is 7.12. The Kier molecular flexibility index (Phi) is 6.59. The van der Waals surface area contributed by atoms with Crippen LogP contribution in [-0.2, 0) is 14.8 Å². The van der Waals surface area contributed by atoms with Crippen LogP contribution in [0.3, 0.4) is 0 Å². The molecular formula is C18H29N3O3S. The van der Waals surface area contributed by atoms with E-state index in [4.69, 9.17) is 0 Å². The zero-order valence-corrected chi connectivity index (χ0v) is 16.3. The van der Waals surface area contributed by atoms with Crippen LogP contribution in [0.2, 0.25) is 0 Å². The van der Waals surface area contributed by atoms with Crippen LogP contribution < -0.4 is 10.6 Å². The number of hydrogen-bond donors (Lipinski definition) is 2. The number of nitrogens with one attached hydrogen (secondary N) is 2. The summed E-state index contributed by atoms with van der Waals surface area (Å²) in [6.07, 6.45) is 3.53. The Balaban J connectivity index is 1.95. The number of rotatable bonds is 6. The van der Waals surface area contributed by atoms with Gasteiger partial charge in [0.1, 0.15) is 0 Å². The van der Waals surface area contributed by atoms with E-state index < -0.39 is 10.0 Å². The van der Waals surface area contributed by atoms with E-state index in [-0.39, 0.29) is 17.3 Å². The molecule has 140 valence electrons. The first-order chi connectivity index (χ1) is 11.7. The lowest BCUT2D eigenvalue weighted by molar-refractivity contribution is -0.115. The van der Waals surface area contributed by atoms with Gasteiger partial charge in [0.25, 0.3) is 0 Å². The summed E-state index contributed by atoms with van der Waals surface area (Å²) in [6.45, 7) is 4.72. The highest BCUT2D eigenvalue weighted by Gasteiger charge is 2.27. The zero-order valence-electron chi connectivity index (χ0n) is 15.5. The van der Waals surface area contributed by atoms with Crippen molar-refractivity contribution in [1.29, 1.82) is 0 Å². The molecule has 1 aromatic carbocycles. The summed E-state index contributed by atoms with van der Waals surface area (Å²) >= 11 is 0. The quantitative estimate of drug-likeness (QED) is 0.809. The Labute approximate surface area is 151 Å². The van der Waals surface area contributed by atoms with Gasteiger partial charge in [0.15, 0.2) is 0 Å². The van der Waals surface area contributed by atoms with Crippen molar-refractivity contribution in [3.63, 3.8) is 0 Å². The first-order valence-corrected chi connectivity index (χ1v) is 10.2. The standard InChI is InChI=1S/C18H29N3O3S/c1-13-7-5-10-17(14(13)2)19-12-18(22)20-15-8-6-9-16(11-15)25(23,24)21(3)4/h6,8-9,11,13-14,17,19H,5,7,10,12H2,1-4H3,(H,20,22). The minimum atomic E-state index is -3.51. The molecule has 1 aromatic rings. The predicted octanol–water partition coefficient (Wildman–Crippen LogP) is 2.29. The molecule has 3 unspecified atom stereocenters. The van der Waals surface area contributed by atoms with Gasteiger partial charge in [0.2, 0.25) is 15.9 Å². The predicted molar refractivity (Wildman–Crippen MR) is 99.9 cm³/mol. The van der Waals surface area contributed by atoms with Crippen molar-refractivity contribution in [2.45, 2.75) is 44.0 Å². The minimum absolute atomic E-state index is 0.162. The van der Waals surface area contributed by atoms with Crippen LogP contribution in [-0.4, -0.2) is 45.3 Å². The third-order valence-electron chi connectivity index (χ3n) is 5.13. The highest BCUT2D eigenvalue weighted by molar-refractivity contribution is 7.89. The largest absolute Gasteiger partial charge is 0.325 e. The van der Waals surface area contributed by atoms with E-state index in [2.05, 4.69) is 24.5 Å². The van der Waals surface area contributed by atoms with Gasteiger partial charge >= 0.3 is 0 Å². The molecule has 3 atom stereocenters. The molecule has 1 saturated carbocycles. The minimum Gasteiger partial charge on any atom is -0.325 e. The van der Waals surface area contributed by atoms with Gasteiger partial charge in [0.05, 0.1) is 11.4 Å². The Morgan fingerprint density at radius 3 is 2.64 bits per heavy atom. The molecule has 0 radical (unpaired) electrons. The molecule has 0 bridgehead atoms. The van der Waals surface area contributed by atoms with Gasteiger partial charge in [-0.3, -0.25) is 4.79 Å². The molecule has 25 heavy (non-hydrogen) atoms. The number of carbonyl (C=O) groups is 1. The number of sulfonamides is 1. The third kappa shape index (κ3) is 5.03. The molecule has 1 aliphatic rings. The second kappa shape index (κ2) is 8.29. The number of nitrogens with zero attached hydrogens (tertiary/aromatic N) is 1. The van der Waals surface area contributed by atoms with Crippen molar-refractivity contribution in [3.05, 3.63) is 24.3 Å². The lowest BCUT2D eigenvalue weighted by Crippen LogP contribution is -2.43. The van der Waals surface area contributed by atoms with E-state index in [0.29, 0.717) is 23.6 Å². The molecule has 0 saturated heterocycles. The average Bonchev–Trinajstić information content (AvgIpc) is 2.56. The fourth-order valence-corrected chi connectivity index (χ4v) is 4.19. The maximum atomic E-state index is 12.2. The van der Waals surface area contributed by atoms with Gasteiger partial charge in [0, 0.05) is 25.8 Å². The van der Waals surface area contributed by atoms with Crippen molar-refractivity contribution in [1.82, 2.24) is 9.62 Å². The zero-order chi connectivity index (χ0) is 18.6. The summed E-state index contributed by atoms with van der Waals surface area (Å²) in [5.41, 5.74) is 0.486. The van der Waals surface area contributed by atoms with E-state index in [9.17, 15) is 13.2 Å². The fraction of sp³-hybridized carbons (Fsp3) is 0.611. The van der Waals surface area contributed by atoms with Gasteiger partial charge < -0.3 is 10.6 Å². The molecule has 0 aliphatic heterocycles. The van der Waals surface area contributed by atoms with Crippen LogP contribution in [0.5, 0.6) is 0 Å². The summed E-state index contributed by atoms with van der Waals surface area (Å²) in [6, 6.07) is 6.68. The topological polar surface area (TPSA) is 78.5 Å². The Hall–Kier alpha value is -1.44. The third-order valence-corrected chi connectivity index (χ3v) is 6.94. The van der Waals surface area contributed by atoms with Crippen LogP contribution in [0.15, 0.2) is 29.2 Å². The van der Waals surface area contributed by atoms with E-state index in [1.54, 1.807) is 12.1 Å². The first-order valence-electron chi connectivity index (χ1n) is 8.77. The first kappa shape index (κ1) is 19.9. The molecule has 6 nitrogen and oxygen atoms in total. The number of benzene rings is 1. The van der Waals surface area contributed by atoms with Crippen molar-refractivity contribution in [2.24, 2.45) is 11.8 Å². The molecular weight excluding hydrogens is 338 g/mol. The van der Waals surface area contributed by atoms with Gasteiger partial charge in [-0.05, 0) is 36.5 Å². The van der Waals surface area contributed by atoms with E-state index in [1.807, 2.05) is 0 Å². The highest BCUT2D eigenvalue weighted by atomic mass is 32.2. The van der Waals surface area contributed by atoms with Crippen molar-refractivity contribution in [2.75, 3.05) is 26.0 Å². The van der Waals surface area contributed by atoms with Gasteiger partial charge in [-0.15, -0.1) is 0 Å². The molecule has 1 fully saturated rings. The molecule has 0 heterocycles. The van der Waals surface area contributed by atoms with Crippen molar-refractivity contribution in [3.8, 4) is 0 Å². The molecule has 1 amide bonds. The van der Waals surface area contributed by atoms with Crippen molar-refractivity contribution < 1.29 is 13.2 Å². The van der Waals surface area contributed by atoms with Crippen LogP contribution in [0.1, 0.15) is 33.1 Å². The van der Waals surface area contributed by atoms with E-state index >= 15 is 0 Å². The fourth-order valence-electron chi connectivity index (χ4n) is 3.24. The monoisotopic (exact) mass is 367 g/mol. The normalized spacial score (nSPS) is 24.3. The molecule has 2 N–H and O–H groups in total. The number of hydrogen-bond acceptors (Lipinski definition) is 4. The summed E-state index contributed by atoms with van der Waals surface area (Å²) < 4.78 is 25.5. The molecule has 7 heteroatoms. The molecule has 0 spiro atoms. The summed E-state index contributed by atoms with van der Waals surface area (Å²) in [4.78, 5) is 12.4. The number of carbonyl (C=O) groups excluding carboxylic acids is 1. The number of amides is 1. The summed E-state index contributed by atoms with van der Waals surface area (Å²) in [5, 5.41) is 6.12. The Bertz CT molecular complexity index is 703. The maximum Gasteiger partial charge on any atom is 0.242 e. The van der Waals surface area contributed by atoms with Crippen LogP contribution in [0, 0.1) is 11.8 Å². The number of anilines is 1. The smallest absolute Gasteiger partial charge is 0.242 e. The second-order valence-corrected chi connectivity index (χ2v) is 9.27. The van der Waals surface area contributed by atoms with Gasteiger partial charge in [-0.2, -0.15) is 0 Å². The summed E-state index contributed by atoms with van der Waals surface area (Å²) in [7, 11) is -0.546. The van der Waals surface area contributed by atoms with E-state index in [1.165, 1.54) is 39.1 Å². The van der Waals surface area contributed by atoms with Crippen LogP contribution in [0.25, 0.3) is 0 Å². The van der Waals surface area contributed by atoms with Crippen molar-refractivity contribution >= 4 is 21.6 Å². The molecule has 2 rings (SSSR count). The van der Waals surface area contributed by atoms with Gasteiger partial charge in [-0.25, -0.2) is 12.7 Å². The SMILES string of the molecule is CC1CCCC(NCC(=O)Nc2cccc(S(=O)(=O)N(C)C)c2)C1C. The van der Waals surface area contributed by atoms with Gasteiger partial charge in [-0.1, -0.05) is 32.8 Å². The molecule has 0 aromatic heterocycles. The van der Waals surface area contributed by atoms with Crippen LogP contribution in [0.4, 0.5) is 5.69 Å². The molecule has 1 aliphatic carbocycles. The maximum absolute atomic E-state index is 12.2.